The molecule has 0 aromatic rings. The van der Waals surface area contributed by atoms with Crippen LogP contribution in [0.4, 0.5) is 0 Å². The van der Waals surface area contributed by atoms with Crippen molar-refractivity contribution in [1.82, 2.24) is 5.32 Å². The van der Waals surface area contributed by atoms with Crippen molar-refractivity contribution >= 4 is 5.91 Å². The van der Waals surface area contributed by atoms with Crippen molar-refractivity contribution in [3.63, 3.8) is 0 Å². The number of unbranched alkanes of at least 4 members (excludes halogenated alkanes) is 20. The quantitative estimate of drug-likeness (QED) is 0.0430. The second-order valence-corrected chi connectivity index (χ2v) is 16.2. The van der Waals surface area contributed by atoms with Crippen LogP contribution in [0.2, 0.25) is 0 Å². The van der Waals surface area contributed by atoms with Gasteiger partial charge in [0.15, 0.2) is 12.6 Å². The summed E-state index contributed by atoms with van der Waals surface area (Å²) in [6.45, 7) is 2.80. The lowest BCUT2D eigenvalue weighted by molar-refractivity contribution is -0.359. The molecule has 2 aliphatic rings. The van der Waals surface area contributed by atoms with E-state index >= 15 is 0 Å². The van der Waals surface area contributed by atoms with E-state index in [2.05, 4.69) is 19.2 Å². The molecule has 4 unspecified atom stereocenters. The summed E-state index contributed by atoms with van der Waals surface area (Å²) < 4.78 is 22.6. The molecule has 1 amide bonds. The molecule has 0 radical (unpaired) electrons. The first-order valence-corrected chi connectivity index (χ1v) is 22.3. The monoisotopic (exact) mass is 808 g/mol. The molecule has 2 saturated heterocycles. The first-order chi connectivity index (χ1) is 27.1. The van der Waals surface area contributed by atoms with E-state index < -0.39 is 86.8 Å². The number of nitrogens with one attached hydrogen (secondary N) is 1. The summed E-state index contributed by atoms with van der Waals surface area (Å²) in [5, 5.41) is 86.4. The van der Waals surface area contributed by atoms with E-state index in [1.54, 1.807) is 0 Å². The smallest absolute Gasteiger partial charge is 0.220 e. The maximum absolute atomic E-state index is 13.1. The van der Waals surface area contributed by atoms with Gasteiger partial charge < -0.3 is 65.1 Å². The Bertz CT molecular complexity index is 962. The van der Waals surface area contributed by atoms with E-state index in [9.17, 15) is 45.6 Å². The number of hydrogen-bond donors (Lipinski definition) is 9. The lowest BCUT2D eigenvalue weighted by atomic mass is 9.97. The first-order valence-electron chi connectivity index (χ1n) is 22.3. The van der Waals surface area contributed by atoms with Crippen LogP contribution in [0.3, 0.4) is 0 Å². The molecule has 2 rings (SSSR count). The second-order valence-electron chi connectivity index (χ2n) is 16.2. The molecule has 9 N–H and O–H groups in total. The highest BCUT2D eigenvalue weighted by molar-refractivity contribution is 5.76. The van der Waals surface area contributed by atoms with Crippen molar-refractivity contribution in [2.24, 2.45) is 0 Å². The Morgan fingerprint density at radius 1 is 0.571 bits per heavy atom. The van der Waals surface area contributed by atoms with Crippen LogP contribution in [0.5, 0.6) is 0 Å². The average Bonchev–Trinajstić information content (AvgIpc) is 3.19. The van der Waals surface area contributed by atoms with Gasteiger partial charge in [0, 0.05) is 6.42 Å². The van der Waals surface area contributed by atoms with E-state index in [4.69, 9.17) is 18.9 Å². The summed E-state index contributed by atoms with van der Waals surface area (Å²) in [6, 6.07) is -0.817. The number of carbonyl (C=O) groups excluding carboxylic acids is 1. The fourth-order valence-corrected chi connectivity index (χ4v) is 7.59. The van der Waals surface area contributed by atoms with Crippen LogP contribution < -0.4 is 5.32 Å². The molecule has 2 fully saturated rings. The summed E-state index contributed by atoms with van der Waals surface area (Å²) in [6.07, 6.45) is 9.82. The van der Waals surface area contributed by atoms with Crippen LogP contribution in [-0.2, 0) is 23.7 Å². The summed E-state index contributed by atoms with van der Waals surface area (Å²) in [4.78, 5) is 13.1. The predicted molar refractivity (Wildman–Crippen MR) is 212 cm³/mol. The lowest BCUT2D eigenvalue weighted by Crippen LogP contribution is -2.65. The maximum Gasteiger partial charge on any atom is 0.220 e. The van der Waals surface area contributed by atoms with Crippen LogP contribution >= 0.6 is 0 Å². The van der Waals surface area contributed by atoms with E-state index in [-0.39, 0.29) is 12.5 Å². The van der Waals surface area contributed by atoms with E-state index in [0.29, 0.717) is 12.8 Å². The van der Waals surface area contributed by atoms with Gasteiger partial charge in [-0.25, -0.2) is 0 Å². The summed E-state index contributed by atoms with van der Waals surface area (Å²) in [7, 11) is 0. The highest BCUT2D eigenvalue weighted by atomic mass is 16.7. The topological polar surface area (TPSA) is 228 Å². The number of amides is 1. The number of aliphatic hydroxyl groups excluding tert-OH is 8. The van der Waals surface area contributed by atoms with E-state index in [1.807, 2.05) is 0 Å². The van der Waals surface area contributed by atoms with Gasteiger partial charge in [-0.05, 0) is 12.8 Å². The summed E-state index contributed by atoms with van der Waals surface area (Å²) in [5.41, 5.74) is 0. The molecule has 12 atom stereocenters. The molecule has 2 aliphatic heterocycles. The Hall–Kier alpha value is -1.01. The zero-order chi connectivity index (χ0) is 41.1. The van der Waals surface area contributed by atoms with Gasteiger partial charge in [0.25, 0.3) is 0 Å². The minimum atomic E-state index is -1.78. The molecular weight excluding hydrogens is 726 g/mol. The summed E-state index contributed by atoms with van der Waals surface area (Å²) >= 11 is 0. The standard InChI is InChI=1S/C42H81NO13/c1-3-5-7-9-11-13-14-15-16-18-20-22-24-26-34(47)43-30(31(46)25-23-21-19-17-12-10-8-6-4-2)29-53-41-39(52)37(50)40(33(28-45)55-41)56-42-38(51)36(49)35(48)32(27-44)54-42/h30-33,35-42,44-46,48-52H,3-29H2,1-2H3,(H,43,47)/t30-,31+,32+,33+,35-,36?,37?,38?,39?,40+,41+,42-/m0/s1. The normalized spacial score (nSPS) is 29.3. The number of aliphatic hydroxyl groups is 8. The summed E-state index contributed by atoms with van der Waals surface area (Å²) in [5.74, 6) is -0.209. The SMILES string of the molecule is CCCCCCCCCCCCCCCC(=O)N[C@@H](CO[C@@H]1O[C@H](CO)[C@@H](O[C@@H]2O[C@H](CO)[C@H](O)C(O)C2O)C(O)C1O)[C@H](O)CCCCCCCCCCC. The molecule has 0 saturated carbocycles. The van der Waals surface area contributed by atoms with Crippen LogP contribution in [0.25, 0.3) is 0 Å². The number of rotatable bonds is 33. The van der Waals surface area contributed by atoms with Crippen LogP contribution in [0.1, 0.15) is 168 Å². The number of ether oxygens (including phenoxy) is 4. The second kappa shape index (κ2) is 30.9. The van der Waals surface area contributed by atoms with Crippen LogP contribution in [-0.4, -0.2) is 140 Å². The molecule has 56 heavy (non-hydrogen) atoms. The van der Waals surface area contributed by atoms with Gasteiger partial charge in [0.2, 0.25) is 5.91 Å². The Labute approximate surface area is 336 Å². The molecule has 0 aromatic heterocycles. The van der Waals surface area contributed by atoms with Crippen molar-refractivity contribution in [1.29, 1.82) is 0 Å². The van der Waals surface area contributed by atoms with Gasteiger partial charge in [0.1, 0.15) is 48.8 Å². The van der Waals surface area contributed by atoms with Gasteiger partial charge in [-0.15, -0.1) is 0 Å². The Morgan fingerprint density at radius 2 is 1.02 bits per heavy atom. The van der Waals surface area contributed by atoms with E-state index in [1.165, 1.54) is 89.9 Å². The van der Waals surface area contributed by atoms with Crippen molar-refractivity contribution in [3.8, 4) is 0 Å². The molecular formula is C42H81NO13. The molecule has 0 spiro atoms. The molecule has 0 aliphatic carbocycles. The lowest BCUT2D eigenvalue weighted by Gasteiger charge is -2.46. The average molecular weight is 808 g/mol. The zero-order valence-corrected chi connectivity index (χ0v) is 34.6. The maximum atomic E-state index is 13.1. The highest BCUT2D eigenvalue weighted by Gasteiger charge is 2.51. The number of carbonyl (C=O) groups is 1. The number of hydrogen-bond acceptors (Lipinski definition) is 13. The zero-order valence-electron chi connectivity index (χ0n) is 34.6. The first kappa shape index (κ1) is 51.1. The minimum absolute atomic E-state index is 0.209. The predicted octanol–water partition coefficient (Wildman–Crippen LogP) is 3.88. The Kier molecular flexibility index (Phi) is 28.3. The highest BCUT2D eigenvalue weighted by Crippen LogP contribution is 2.30. The van der Waals surface area contributed by atoms with Crippen molar-refractivity contribution in [3.05, 3.63) is 0 Å². The fraction of sp³-hybridized carbons (Fsp3) is 0.976. The molecule has 332 valence electrons. The van der Waals surface area contributed by atoms with Crippen LogP contribution in [0, 0.1) is 0 Å². The third kappa shape index (κ3) is 19.4. The molecule has 14 heteroatoms. The van der Waals surface area contributed by atoms with Gasteiger partial charge in [-0.2, -0.15) is 0 Å². The van der Waals surface area contributed by atoms with Gasteiger partial charge >= 0.3 is 0 Å². The Balaban J connectivity index is 1.88. The third-order valence-corrected chi connectivity index (χ3v) is 11.3. The third-order valence-electron chi connectivity index (χ3n) is 11.3. The molecule has 2 heterocycles. The largest absolute Gasteiger partial charge is 0.394 e. The molecule has 0 aromatic carbocycles. The Morgan fingerprint density at radius 3 is 1.52 bits per heavy atom. The van der Waals surface area contributed by atoms with Crippen molar-refractivity contribution in [2.75, 3.05) is 19.8 Å². The van der Waals surface area contributed by atoms with Gasteiger partial charge in [-0.1, -0.05) is 149 Å². The van der Waals surface area contributed by atoms with Crippen molar-refractivity contribution in [2.45, 2.75) is 242 Å². The molecule has 0 bridgehead atoms. The van der Waals surface area contributed by atoms with E-state index in [0.717, 1.165) is 51.4 Å². The fourth-order valence-electron chi connectivity index (χ4n) is 7.59. The minimum Gasteiger partial charge on any atom is -0.394 e. The van der Waals surface area contributed by atoms with Gasteiger partial charge in [0.05, 0.1) is 32.0 Å². The van der Waals surface area contributed by atoms with Gasteiger partial charge in [-0.3, -0.25) is 4.79 Å². The molecule has 14 nitrogen and oxygen atoms in total. The van der Waals surface area contributed by atoms with Crippen molar-refractivity contribution < 1.29 is 64.6 Å². The van der Waals surface area contributed by atoms with Crippen LogP contribution in [0.15, 0.2) is 0 Å².